The minimum absolute atomic E-state index is 0.0569. The van der Waals surface area contributed by atoms with Crippen LogP contribution in [-0.4, -0.2) is 80.6 Å². The molecule has 0 amide bonds. The molecule has 8 nitrogen and oxygen atoms in total. The van der Waals surface area contributed by atoms with E-state index >= 15 is 0 Å². The van der Waals surface area contributed by atoms with Gasteiger partial charge in [0.05, 0.1) is 34.4 Å². The van der Waals surface area contributed by atoms with Crippen LogP contribution in [0.5, 0.6) is 0 Å². The molecule has 0 aromatic carbocycles. The average molecular weight is 859 g/mol. The maximum absolute atomic E-state index is 12.8. The van der Waals surface area contributed by atoms with Crippen molar-refractivity contribution in [1.82, 2.24) is 0 Å². The van der Waals surface area contributed by atoms with E-state index in [2.05, 4.69) is 62.5 Å². The summed E-state index contributed by atoms with van der Waals surface area (Å²) in [5.74, 6) is -1.48. The highest BCUT2D eigenvalue weighted by molar-refractivity contribution is 5.72. The van der Waals surface area contributed by atoms with Gasteiger partial charge in [0, 0.05) is 19.3 Å². The molecule has 0 bridgehead atoms. The van der Waals surface area contributed by atoms with Crippen molar-refractivity contribution < 1.29 is 38.2 Å². The first-order valence-corrected chi connectivity index (χ1v) is 25.2. The summed E-state index contributed by atoms with van der Waals surface area (Å²) < 4.78 is 17.3. The summed E-state index contributed by atoms with van der Waals surface area (Å²) in [5.41, 5.74) is 0. The first-order chi connectivity index (χ1) is 29.6. The summed E-state index contributed by atoms with van der Waals surface area (Å²) in [4.78, 5) is 37.1. The summed E-state index contributed by atoms with van der Waals surface area (Å²) in [7, 11) is 5.53. The van der Waals surface area contributed by atoms with Crippen LogP contribution < -0.4 is 0 Å². The van der Waals surface area contributed by atoms with E-state index in [-0.39, 0.29) is 36.2 Å². The zero-order valence-corrected chi connectivity index (χ0v) is 40.4. The van der Waals surface area contributed by atoms with E-state index in [1.807, 2.05) is 21.1 Å². The molecule has 0 heterocycles. The Morgan fingerprint density at radius 2 is 0.918 bits per heavy atom. The van der Waals surface area contributed by atoms with Gasteiger partial charge in [0.2, 0.25) is 0 Å². The Morgan fingerprint density at radius 1 is 0.508 bits per heavy atom. The lowest BCUT2D eigenvalue weighted by Gasteiger charge is -2.31. The summed E-state index contributed by atoms with van der Waals surface area (Å²) >= 11 is 0. The van der Waals surface area contributed by atoms with E-state index < -0.39 is 18.1 Å². The van der Waals surface area contributed by atoms with Gasteiger partial charge < -0.3 is 23.8 Å². The average Bonchev–Trinajstić information content (AvgIpc) is 3.22. The Kier molecular flexibility index (Phi) is 42.0. The second-order valence-corrected chi connectivity index (χ2v) is 18.1. The van der Waals surface area contributed by atoms with Gasteiger partial charge in [-0.1, -0.05) is 197 Å². The molecule has 0 aromatic rings. The molecular weight excluding hydrogens is 763 g/mol. The molecule has 0 aliphatic carbocycles. The van der Waals surface area contributed by atoms with Crippen molar-refractivity contribution in [3.05, 3.63) is 48.6 Å². The van der Waals surface area contributed by atoms with E-state index in [4.69, 9.17) is 14.2 Å². The van der Waals surface area contributed by atoms with Gasteiger partial charge in [0.1, 0.15) is 6.61 Å². The molecule has 1 N–H and O–H groups in total. The molecule has 354 valence electrons. The minimum Gasteiger partial charge on any atom is -0.477 e. The number of rotatable bonds is 45. The number of unbranched alkanes of at least 4 members (excludes halogenated alkanes) is 23. The first-order valence-electron chi connectivity index (χ1n) is 25.2. The molecule has 2 unspecified atom stereocenters. The van der Waals surface area contributed by atoms with Crippen molar-refractivity contribution in [3.8, 4) is 0 Å². The standard InChI is InChI=1S/C53H95NO7/c1-6-8-10-12-14-16-18-20-22-24-26-28-29-31-33-35-37-39-41-43-51(55)60-48-49(47-59-46-45-50(53(57)58)54(3,4)5)61-52(56)44-42-40-38-36-34-32-30-27-25-23-21-19-17-15-13-11-9-7-2/h8,10,14,16,20,22,26,28,49-50H,6-7,9,11-13,15,17-19,21,23-25,27,29-48H2,1-5H3/p+1/b10-8+,16-14+,22-20+,28-26+. The number of allylic oxidation sites excluding steroid dienone is 8. The molecule has 0 aromatic heterocycles. The van der Waals surface area contributed by atoms with Gasteiger partial charge >= 0.3 is 17.9 Å². The third-order valence-electron chi connectivity index (χ3n) is 11.2. The van der Waals surface area contributed by atoms with Crippen molar-refractivity contribution in [2.75, 3.05) is 41.0 Å². The second-order valence-electron chi connectivity index (χ2n) is 18.1. The number of carbonyl (C=O) groups excluding carboxylic acids is 2. The van der Waals surface area contributed by atoms with E-state index in [0.29, 0.717) is 19.3 Å². The Hall–Kier alpha value is -2.71. The molecule has 0 spiro atoms. The van der Waals surface area contributed by atoms with E-state index in [0.717, 1.165) is 77.0 Å². The number of carbonyl (C=O) groups is 3. The number of nitrogens with zero attached hydrogens (tertiary/aromatic N) is 1. The van der Waals surface area contributed by atoms with Crippen LogP contribution >= 0.6 is 0 Å². The van der Waals surface area contributed by atoms with Crippen molar-refractivity contribution in [3.63, 3.8) is 0 Å². The minimum atomic E-state index is -0.876. The van der Waals surface area contributed by atoms with Crippen LogP contribution in [0.25, 0.3) is 0 Å². The predicted octanol–water partition coefficient (Wildman–Crippen LogP) is 14.4. The third kappa shape index (κ3) is 42.4. The number of quaternary nitrogens is 1. The van der Waals surface area contributed by atoms with Crippen LogP contribution in [0.4, 0.5) is 0 Å². The highest BCUT2D eigenvalue weighted by atomic mass is 16.6. The Balaban J connectivity index is 4.27. The van der Waals surface area contributed by atoms with E-state index in [9.17, 15) is 19.5 Å². The van der Waals surface area contributed by atoms with Gasteiger partial charge in [0.15, 0.2) is 12.1 Å². The molecule has 61 heavy (non-hydrogen) atoms. The Bertz CT molecular complexity index is 1140. The van der Waals surface area contributed by atoms with Crippen molar-refractivity contribution in [2.24, 2.45) is 0 Å². The molecule has 0 aliphatic heterocycles. The fourth-order valence-electron chi connectivity index (χ4n) is 7.38. The normalized spacial score (nSPS) is 13.3. The Morgan fingerprint density at radius 3 is 1.36 bits per heavy atom. The monoisotopic (exact) mass is 859 g/mol. The van der Waals surface area contributed by atoms with Gasteiger partial charge in [-0.05, 0) is 51.4 Å². The van der Waals surface area contributed by atoms with Crippen LogP contribution in [0.3, 0.4) is 0 Å². The lowest BCUT2D eigenvalue weighted by atomic mass is 10.0. The number of aliphatic carboxylic acids is 1. The topological polar surface area (TPSA) is 99.1 Å². The van der Waals surface area contributed by atoms with Crippen molar-refractivity contribution in [2.45, 2.75) is 231 Å². The highest BCUT2D eigenvalue weighted by Crippen LogP contribution is 2.16. The number of hydrogen-bond acceptors (Lipinski definition) is 6. The molecule has 0 fully saturated rings. The smallest absolute Gasteiger partial charge is 0.362 e. The molecule has 2 atom stereocenters. The zero-order chi connectivity index (χ0) is 44.9. The van der Waals surface area contributed by atoms with Crippen molar-refractivity contribution >= 4 is 17.9 Å². The quantitative estimate of drug-likeness (QED) is 0.0282. The largest absolute Gasteiger partial charge is 0.477 e. The fraction of sp³-hybridized carbons (Fsp3) is 0.792. The van der Waals surface area contributed by atoms with Gasteiger partial charge in [-0.15, -0.1) is 0 Å². The number of carboxylic acids is 1. The number of likely N-dealkylation sites (N-methyl/N-ethyl adjacent to an activating group) is 1. The number of esters is 2. The van der Waals surface area contributed by atoms with Crippen LogP contribution in [0.2, 0.25) is 0 Å². The lowest BCUT2D eigenvalue weighted by molar-refractivity contribution is -0.887. The number of carboxylic acid groups (broad SMARTS) is 1. The molecule has 8 heteroatoms. The summed E-state index contributed by atoms with van der Waals surface area (Å²) in [6.07, 6.45) is 53.0. The summed E-state index contributed by atoms with van der Waals surface area (Å²) in [6.45, 7) is 4.64. The molecule has 0 radical (unpaired) electrons. The van der Waals surface area contributed by atoms with E-state index in [1.54, 1.807) is 0 Å². The van der Waals surface area contributed by atoms with Crippen LogP contribution in [0.1, 0.15) is 219 Å². The van der Waals surface area contributed by atoms with Crippen LogP contribution in [0.15, 0.2) is 48.6 Å². The predicted molar refractivity (Wildman–Crippen MR) is 257 cm³/mol. The second kappa shape index (κ2) is 43.9. The summed E-state index contributed by atoms with van der Waals surface area (Å²) in [5, 5.41) is 9.65. The molecule has 0 aliphatic rings. The maximum Gasteiger partial charge on any atom is 0.362 e. The molecule has 0 rings (SSSR count). The number of ether oxygens (including phenoxy) is 3. The molecular formula is C53H96NO7+. The highest BCUT2D eigenvalue weighted by Gasteiger charge is 2.31. The van der Waals surface area contributed by atoms with Crippen LogP contribution in [-0.2, 0) is 28.6 Å². The SMILES string of the molecule is CC/C=C/C/C=C/C/C=C/C/C=C/CCCCCCCCC(=O)OCC(COCCC(C(=O)O)[N+](C)(C)C)OC(=O)CCCCCCCCCCCCCCCCCCCC. The zero-order valence-electron chi connectivity index (χ0n) is 40.4. The van der Waals surface area contributed by atoms with Crippen LogP contribution in [0, 0.1) is 0 Å². The summed E-state index contributed by atoms with van der Waals surface area (Å²) in [6, 6.07) is -0.617. The van der Waals surface area contributed by atoms with Gasteiger partial charge in [-0.25, -0.2) is 4.79 Å². The van der Waals surface area contributed by atoms with E-state index in [1.165, 1.54) is 109 Å². The lowest BCUT2D eigenvalue weighted by Crippen LogP contribution is -2.50. The third-order valence-corrected chi connectivity index (χ3v) is 11.2. The van der Waals surface area contributed by atoms with Gasteiger partial charge in [-0.3, -0.25) is 9.59 Å². The number of hydrogen-bond donors (Lipinski definition) is 1. The van der Waals surface area contributed by atoms with Gasteiger partial charge in [0.25, 0.3) is 0 Å². The first kappa shape index (κ1) is 58.3. The fourth-order valence-corrected chi connectivity index (χ4v) is 7.38. The van der Waals surface area contributed by atoms with Gasteiger partial charge in [-0.2, -0.15) is 0 Å². The maximum atomic E-state index is 12.8. The van der Waals surface area contributed by atoms with Crippen molar-refractivity contribution in [1.29, 1.82) is 0 Å². The Labute approximate surface area is 376 Å². The molecule has 0 saturated carbocycles. The molecule has 0 saturated heterocycles.